The average Bonchev–Trinajstić information content (AvgIpc) is 2.72. The number of nitrogens with one attached hydrogen (secondary N) is 1. The van der Waals surface area contributed by atoms with Gasteiger partial charge >= 0.3 is 0 Å². The fraction of sp³-hybridized carbons (Fsp3) is 0.833. The summed E-state index contributed by atoms with van der Waals surface area (Å²) in [5, 5.41) is 13.2. The summed E-state index contributed by atoms with van der Waals surface area (Å²) >= 11 is 0. The molecular formula is C6H11N5OS. The van der Waals surface area contributed by atoms with Gasteiger partial charge in [-0.3, -0.25) is 0 Å². The highest BCUT2D eigenvalue weighted by atomic mass is 32.2. The van der Waals surface area contributed by atoms with Crippen LogP contribution in [0.2, 0.25) is 0 Å². The fourth-order valence-corrected chi connectivity index (χ4v) is 3.43. The van der Waals surface area contributed by atoms with Crippen molar-refractivity contribution < 1.29 is 4.21 Å². The van der Waals surface area contributed by atoms with Gasteiger partial charge in [0, 0.05) is 21.2 Å². The van der Waals surface area contributed by atoms with Crippen molar-refractivity contribution in [3.63, 3.8) is 0 Å². The second-order valence-corrected chi connectivity index (χ2v) is 5.62. The second kappa shape index (κ2) is 3.41. The van der Waals surface area contributed by atoms with E-state index in [-0.39, 0.29) is 0 Å². The minimum atomic E-state index is -1.93. The monoisotopic (exact) mass is 201 g/mol. The van der Waals surface area contributed by atoms with Crippen molar-refractivity contribution in [2.24, 2.45) is 4.36 Å². The summed E-state index contributed by atoms with van der Waals surface area (Å²) in [6, 6.07) is 0. The maximum Gasteiger partial charge on any atom is 0.196 e. The first-order chi connectivity index (χ1) is 6.29. The van der Waals surface area contributed by atoms with Crippen molar-refractivity contribution in [1.29, 1.82) is 0 Å². The van der Waals surface area contributed by atoms with Gasteiger partial charge < -0.3 is 0 Å². The first-order valence-corrected chi connectivity index (χ1v) is 6.04. The van der Waals surface area contributed by atoms with Crippen LogP contribution >= 0.6 is 0 Å². The van der Waals surface area contributed by atoms with E-state index in [9.17, 15) is 4.21 Å². The number of nitrogens with zero attached hydrogens (tertiary/aromatic N) is 4. The maximum absolute atomic E-state index is 11.8. The summed E-state index contributed by atoms with van der Waals surface area (Å²) in [5.41, 5.74) is 0. The van der Waals surface area contributed by atoms with Crippen LogP contribution in [0, 0.1) is 0 Å². The van der Waals surface area contributed by atoms with E-state index in [1.807, 2.05) is 0 Å². The Labute approximate surface area is 76.3 Å². The molecule has 0 aromatic carbocycles. The highest BCUT2D eigenvalue weighted by Gasteiger charge is 2.15. The van der Waals surface area contributed by atoms with Gasteiger partial charge in [-0.2, -0.15) is 5.21 Å². The molecule has 0 bridgehead atoms. The third kappa shape index (κ3) is 2.03. The minimum absolute atomic E-state index is 0.315. The number of aromatic nitrogens is 4. The van der Waals surface area contributed by atoms with Gasteiger partial charge in [-0.1, -0.05) is 5.21 Å². The van der Waals surface area contributed by atoms with Crippen molar-refractivity contribution in [1.82, 2.24) is 20.6 Å². The van der Waals surface area contributed by atoms with E-state index in [1.165, 1.54) is 0 Å². The zero-order valence-electron chi connectivity index (χ0n) is 7.14. The summed E-state index contributed by atoms with van der Waals surface area (Å²) in [6.45, 7) is 0.315. The first-order valence-electron chi connectivity index (χ1n) is 4.19. The predicted octanol–water partition coefficient (Wildman–Crippen LogP) is -0.0385. The Morgan fingerprint density at radius 1 is 1.46 bits per heavy atom. The summed E-state index contributed by atoms with van der Waals surface area (Å²) in [7, 11) is -1.93. The first kappa shape index (κ1) is 8.61. The minimum Gasteiger partial charge on any atom is -0.250 e. The molecule has 0 radical (unpaired) electrons. The van der Waals surface area contributed by atoms with Gasteiger partial charge in [0.15, 0.2) is 5.82 Å². The SMILES string of the molecule is O=S1(=NCc2nn[nH]n2)CCCC1. The summed E-state index contributed by atoms with van der Waals surface area (Å²) in [5.74, 6) is 1.96. The van der Waals surface area contributed by atoms with Crippen LogP contribution in [0.1, 0.15) is 18.7 Å². The lowest BCUT2D eigenvalue weighted by Crippen LogP contribution is -2.01. The molecule has 1 aromatic heterocycles. The Balaban J connectivity index is 2.09. The standard InChI is InChI=1S/C6H11N5OS/c12-13(3-1-2-4-13)7-5-6-8-10-11-9-6/h1-5H2,(H,8,9,10,11). The van der Waals surface area contributed by atoms with Gasteiger partial charge in [0.05, 0.1) is 0 Å². The molecular weight excluding hydrogens is 190 g/mol. The molecule has 1 saturated heterocycles. The highest BCUT2D eigenvalue weighted by Crippen LogP contribution is 2.13. The Bertz CT molecular complexity index is 366. The molecule has 1 aliphatic heterocycles. The van der Waals surface area contributed by atoms with Crippen molar-refractivity contribution in [3.05, 3.63) is 5.82 Å². The van der Waals surface area contributed by atoms with E-state index in [0.717, 1.165) is 24.3 Å². The summed E-state index contributed by atoms with van der Waals surface area (Å²) in [4.78, 5) is 0. The van der Waals surface area contributed by atoms with Crippen LogP contribution in [0.25, 0.3) is 0 Å². The van der Waals surface area contributed by atoms with Crippen LogP contribution in [0.15, 0.2) is 4.36 Å². The predicted molar refractivity (Wildman–Crippen MR) is 47.4 cm³/mol. The number of hydrogen-bond acceptors (Lipinski definition) is 5. The molecule has 1 fully saturated rings. The molecule has 0 saturated carbocycles. The topological polar surface area (TPSA) is 83.9 Å². The van der Waals surface area contributed by atoms with Crippen LogP contribution in [0.3, 0.4) is 0 Å². The van der Waals surface area contributed by atoms with E-state index in [4.69, 9.17) is 0 Å². The molecule has 7 heteroatoms. The third-order valence-electron chi connectivity index (χ3n) is 2.01. The van der Waals surface area contributed by atoms with Crippen LogP contribution in [0.5, 0.6) is 0 Å². The lowest BCUT2D eigenvalue weighted by molar-refractivity contribution is 0.678. The second-order valence-electron chi connectivity index (χ2n) is 3.00. The largest absolute Gasteiger partial charge is 0.250 e. The van der Waals surface area contributed by atoms with Crippen LogP contribution < -0.4 is 0 Å². The van der Waals surface area contributed by atoms with Crippen LogP contribution in [-0.2, 0) is 16.3 Å². The fourth-order valence-electron chi connectivity index (χ4n) is 1.31. The molecule has 0 spiro atoms. The molecule has 1 N–H and O–H groups in total. The number of rotatable bonds is 2. The van der Waals surface area contributed by atoms with E-state index < -0.39 is 9.73 Å². The van der Waals surface area contributed by atoms with Crippen molar-refractivity contribution in [2.45, 2.75) is 19.4 Å². The Morgan fingerprint density at radius 3 is 2.85 bits per heavy atom. The Morgan fingerprint density at radius 2 is 2.23 bits per heavy atom. The number of aromatic amines is 1. The molecule has 0 amide bonds. The third-order valence-corrected chi connectivity index (χ3v) is 4.46. The van der Waals surface area contributed by atoms with E-state index in [2.05, 4.69) is 25.0 Å². The molecule has 2 heterocycles. The quantitative estimate of drug-likeness (QED) is 0.727. The van der Waals surface area contributed by atoms with Crippen molar-refractivity contribution in [3.8, 4) is 0 Å². The van der Waals surface area contributed by atoms with E-state index >= 15 is 0 Å². The molecule has 0 unspecified atom stereocenters. The summed E-state index contributed by atoms with van der Waals surface area (Å²) in [6.07, 6.45) is 2.04. The number of hydrogen-bond donors (Lipinski definition) is 1. The zero-order chi connectivity index (χ0) is 9.15. The average molecular weight is 201 g/mol. The van der Waals surface area contributed by atoms with Gasteiger partial charge in [-0.15, -0.1) is 10.2 Å². The van der Waals surface area contributed by atoms with Gasteiger partial charge in [0.1, 0.15) is 6.54 Å². The molecule has 2 rings (SSSR count). The Kier molecular flexibility index (Phi) is 2.26. The van der Waals surface area contributed by atoms with Crippen molar-refractivity contribution >= 4 is 9.73 Å². The summed E-state index contributed by atoms with van der Waals surface area (Å²) < 4.78 is 16.0. The molecule has 72 valence electrons. The van der Waals surface area contributed by atoms with Crippen molar-refractivity contribution in [2.75, 3.05) is 11.5 Å². The number of tetrazole rings is 1. The molecule has 0 atom stereocenters. The smallest absolute Gasteiger partial charge is 0.196 e. The lowest BCUT2D eigenvalue weighted by atomic mass is 10.4. The molecule has 1 aliphatic rings. The molecule has 6 nitrogen and oxygen atoms in total. The van der Waals surface area contributed by atoms with Crippen LogP contribution in [-0.4, -0.2) is 36.3 Å². The highest BCUT2D eigenvalue weighted by molar-refractivity contribution is 7.93. The maximum atomic E-state index is 11.8. The normalized spacial score (nSPS) is 20.3. The number of H-pyrrole nitrogens is 1. The Hall–Kier alpha value is -0.980. The van der Waals surface area contributed by atoms with E-state index in [1.54, 1.807) is 0 Å². The van der Waals surface area contributed by atoms with Gasteiger partial charge in [0.2, 0.25) is 0 Å². The molecule has 13 heavy (non-hydrogen) atoms. The lowest BCUT2D eigenvalue weighted by Gasteiger charge is -1.96. The van der Waals surface area contributed by atoms with E-state index in [0.29, 0.717) is 12.4 Å². The zero-order valence-corrected chi connectivity index (χ0v) is 7.96. The van der Waals surface area contributed by atoms with Crippen LogP contribution in [0.4, 0.5) is 0 Å². The van der Waals surface area contributed by atoms with Gasteiger partial charge in [-0.25, -0.2) is 8.57 Å². The van der Waals surface area contributed by atoms with Gasteiger partial charge in [-0.05, 0) is 12.8 Å². The molecule has 1 aromatic rings. The van der Waals surface area contributed by atoms with Gasteiger partial charge in [0.25, 0.3) is 0 Å². The molecule has 0 aliphatic carbocycles.